The van der Waals surface area contributed by atoms with Crippen molar-refractivity contribution in [3.63, 3.8) is 0 Å². The first-order chi connectivity index (χ1) is 7.36. The molecule has 1 atom stereocenters. The monoisotopic (exact) mass is 253 g/mol. The largest absolute Gasteiger partial charge is 0.443 e. The summed E-state index contributed by atoms with van der Waals surface area (Å²) in [6.07, 6.45) is -4.31. The van der Waals surface area contributed by atoms with Crippen molar-refractivity contribution in [2.75, 3.05) is 6.61 Å². The topological polar surface area (TPSA) is 39.2 Å². The zero-order valence-corrected chi connectivity index (χ0v) is 9.48. The summed E-state index contributed by atoms with van der Waals surface area (Å²) in [5.74, 6) is -0.477. The number of Topliss-reactive ketones (excluding diaryl/α,β-unsaturated/α-hetero) is 1. The Morgan fingerprint density at radius 2 is 2.25 bits per heavy atom. The van der Waals surface area contributed by atoms with Crippen LogP contribution in [0.5, 0.6) is 0 Å². The number of carbonyl (C=O) groups excluding carboxylic acids is 1. The average Bonchev–Trinajstić information content (AvgIpc) is 2.65. The number of hydrogen-bond acceptors (Lipinski definition) is 4. The van der Waals surface area contributed by atoms with E-state index in [4.69, 9.17) is 4.74 Å². The molecule has 0 aliphatic heterocycles. The number of halogens is 3. The van der Waals surface area contributed by atoms with Gasteiger partial charge in [-0.2, -0.15) is 13.2 Å². The number of carbonyl (C=O) groups is 1. The highest BCUT2D eigenvalue weighted by Crippen LogP contribution is 2.32. The minimum Gasteiger partial charge on any atom is -0.371 e. The van der Waals surface area contributed by atoms with E-state index >= 15 is 0 Å². The van der Waals surface area contributed by atoms with Crippen LogP contribution in [0.3, 0.4) is 0 Å². The Bertz CT molecular complexity index is 375. The molecule has 0 radical (unpaired) electrons. The van der Waals surface area contributed by atoms with Crippen molar-refractivity contribution < 1.29 is 22.7 Å². The van der Waals surface area contributed by atoms with E-state index in [1.54, 1.807) is 6.92 Å². The van der Waals surface area contributed by atoms with E-state index in [0.29, 0.717) is 17.9 Å². The van der Waals surface area contributed by atoms with E-state index in [-0.39, 0.29) is 4.88 Å². The van der Waals surface area contributed by atoms with Gasteiger partial charge in [0.05, 0.1) is 4.88 Å². The lowest BCUT2D eigenvalue weighted by Crippen LogP contribution is -2.19. The van der Waals surface area contributed by atoms with E-state index < -0.39 is 23.1 Å². The van der Waals surface area contributed by atoms with E-state index in [1.807, 2.05) is 0 Å². The number of ether oxygens (including phenoxy) is 1. The quantitative estimate of drug-likeness (QED) is 0.774. The maximum Gasteiger partial charge on any atom is 0.443 e. The second kappa shape index (κ2) is 4.92. The molecule has 3 nitrogen and oxygen atoms in total. The third-order valence-corrected chi connectivity index (χ3v) is 2.83. The van der Waals surface area contributed by atoms with Crippen molar-refractivity contribution in [3.8, 4) is 0 Å². The molecule has 0 bridgehead atoms. The predicted molar refractivity (Wildman–Crippen MR) is 52.5 cm³/mol. The molecule has 1 aromatic heterocycles. The molecular weight excluding hydrogens is 243 g/mol. The highest BCUT2D eigenvalue weighted by atomic mass is 32.1. The number of alkyl halides is 3. The lowest BCUT2D eigenvalue weighted by Gasteiger charge is -2.07. The number of aromatic nitrogens is 1. The van der Waals surface area contributed by atoms with Gasteiger partial charge in [0.15, 0.2) is 5.01 Å². The second-order valence-electron chi connectivity index (χ2n) is 2.99. The Labute approximate surface area is 94.3 Å². The SMILES string of the molecule is CCOC(C)C(=O)c1cnc(C(F)(F)F)s1. The summed E-state index contributed by atoms with van der Waals surface area (Å²) in [6.45, 7) is 3.54. The third kappa shape index (κ3) is 3.02. The van der Waals surface area contributed by atoms with Crippen molar-refractivity contribution in [1.29, 1.82) is 0 Å². The molecule has 0 aliphatic rings. The lowest BCUT2D eigenvalue weighted by molar-refractivity contribution is -0.137. The molecule has 1 aromatic rings. The van der Waals surface area contributed by atoms with Gasteiger partial charge in [-0.3, -0.25) is 4.79 Å². The van der Waals surface area contributed by atoms with Crippen molar-refractivity contribution in [2.45, 2.75) is 26.1 Å². The van der Waals surface area contributed by atoms with Crippen molar-refractivity contribution >= 4 is 17.1 Å². The summed E-state index contributed by atoms with van der Waals surface area (Å²) in [7, 11) is 0. The zero-order valence-electron chi connectivity index (χ0n) is 8.67. The zero-order chi connectivity index (χ0) is 12.3. The summed E-state index contributed by atoms with van der Waals surface area (Å²) < 4.78 is 41.7. The van der Waals surface area contributed by atoms with Crippen LogP contribution in [0.15, 0.2) is 6.20 Å². The summed E-state index contributed by atoms with van der Waals surface area (Å²) in [4.78, 5) is 14.7. The maximum absolute atomic E-state index is 12.2. The highest BCUT2D eigenvalue weighted by Gasteiger charge is 2.35. The Kier molecular flexibility index (Phi) is 4.03. The molecule has 1 heterocycles. The van der Waals surface area contributed by atoms with Crippen LogP contribution in [0.4, 0.5) is 13.2 Å². The molecule has 0 N–H and O–H groups in total. The van der Waals surface area contributed by atoms with Crippen LogP contribution in [0.2, 0.25) is 0 Å². The normalized spacial score (nSPS) is 13.8. The van der Waals surface area contributed by atoms with Gasteiger partial charge in [-0.1, -0.05) is 0 Å². The van der Waals surface area contributed by atoms with Crippen LogP contribution in [0.25, 0.3) is 0 Å². The number of rotatable bonds is 4. The van der Waals surface area contributed by atoms with Gasteiger partial charge in [0, 0.05) is 12.8 Å². The smallest absolute Gasteiger partial charge is 0.371 e. The molecule has 7 heteroatoms. The first kappa shape index (κ1) is 13.1. The minimum atomic E-state index is -4.50. The fourth-order valence-electron chi connectivity index (χ4n) is 1.05. The Morgan fingerprint density at radius 1 is 1.62 bits per heavy atom. The summed E-state index contributed by atoms with van der Waals surface area (Å²) in [6, 6.07) is 0. The molecule has 0 aliphatic carbocycles. The Hall–Kier alpha value is -0.950. The van der Waals surface area contributed by atoms with Crippen LogP contribution in [0, 0.1) is 0 Å². The summed E-state index contributed by atoms with van der Waals surface area (Å²) in [5.41, 5.74) is 0. The van der Waals surface area contributed by atoms with Crippen LogP contribution in [-0.4, -0.2) is 23.5 Å². The molecule has 16 heavy (non-hydrogen) atoms. The van der Waals surface area contributed by atoms with Gasteiger partial charge in [0.25, 0.3) is 0 Å². The Balaban J connectivity index is 2.82. The molecule has 0 spiro atoms. The molecule has 0 amide bonds. The molecule has 90 valence electrons. The first-order valence-corrected chi connectivity index (χ1v) is 5.36. The van der Waals surface area contributed by atoms with Gasteiger partial charge in [-0.05, 0) is 13.8 Å². The van der Waals surface area contributed by atoms with E-state index in [0.717, 1.165) is 6.20 Å². The molecule has 0 aromatic carbocycles. The molecule has 1 unspecified atom stereocenters. The summed E-state index contributed by atoms with van der Waals surface area (Å²) in [5, 5.41) is -1.01. The molecule has 0 saturated carbocycles. The fraction of sp³-hybridized carbons (Fsp3) is 0.556. The van der Waals surface area contributed by atoms with Gasteiger partial charge >= 0.3 is 6.18 Å². The van der Waals surface area contributed by atoms with Crippen LogP contribution in [0.1, 0.15) is 28.5 Å². The predicted octanol–water partition coefficient (Wildman–Crippen LogP) is 2.77. The number of hydrogen-bond donors (Lipinski definition) is 0. The molecule has 1 rings (SSSR count). The van der Waals surface area contributed by atoms with Gasteiger partial charge in [-0.25, -0.2) is 4.98 Å². The van der Waals surface area contributed by atoms with Crippen molar-refractivity contribution in [2.24, 2.45) is 0 Å². The van der Waals surface area contributed by atoms with Gasteiger partial charge < -0.3 is 4.74 Å². The average molecular weight is 253 g/mol. The summed E-state index contributed by atoms with van der Waals surface area (Å²) >= 11 is 0.336. The third-order valence-electron chi connectivity index (χ3n) is 1.78. The van der Waals surface area contributed by atoms with E-state index in [9.17, 15) is 18.0 Å². The van der Waals surface area contributed by atoms with Crippen molar-refractivity contribution in [3.05, 3.63) is 16.1 Å². The molecule has 0 saturated heterocycles. The standard InChI is InChI=1S/C9H10F3NO2S/c1-3-15-5(2)7(14)6-4-13-8(16-6)9(10,11)12/h4-5H,3H2,1-2H3. The Morgan fingerprint density at radius 3 is 2.69 bits per heavy atom. The van der Waals surface area contributed by atoms with Crippen molar-refractivity contribution in [1.82, 2.24) is 4.98 Å². The fourth-order valence-corrected chi connectivity index (χ4v) is 1.85. The van der Waals surface area contributed by atoms with Crippen LogP contribution in [-0.2, 0) is 10.9 Å². The lowest BCUT2D eigenvalue weighted by atomic mass is 10.2. The van der Waals surface area contributed by atoms with E-state index in [1.165, 1.54) is 6.92 Å². The van der Waals surface area contributed by atoms with Gasteiger partial charge in [0.1, 0.15) is 6.10 Å². The highest BCUT2D eigenvalue weighted by molar-refractivity contribution is 7.13. The first-order valence-electron chi connectivity index (χ1n) is 4.55. The molecular formula is C9H10F3NO2S. The minimum absolute atomic E-state index is 0.0340. The number of thiazole rings is 1. The van der Waals surface area contributed by atoms with E-state index in [2.05, 4.69) is 4.98 Å². The van der Waals surface area contributed by atoms with Gasteiger partial charge in [-0.15, -0.1) is 11.3 Å². The number of ketones is 1. The van der Waals surface area contributed by atoms with Gasteiger partial charge in [0.2, 0.25) is 5.78 Å². The number of nitrogens with zero attached hydrogens (tertiary/aromatic N) is 1. The molecule has 0 fully saturated rings. The van der Waals surface area contributed by atoms with Crippen LogP contribution >= 0.6 is 11.3 Å². The second-order valence-corrected chi connectivity index (χ2v) is 4.02. The van der Waals surface area contributed by atoms with Crippen LogP contribution < -0.4 is 0 Å². The maximum atomic E-state index is 12.2.